The summed E-state index contributed by atoms with van der Waals surface area (Å²) in [6.07, 6.45) is 4.91. The first-order valence-electron chi connectivity index (χ1n) is 9.14. The number of rotatable bonds is 4. The van der Waals surface area contributed by atoms with Gasteiger partial charge in [-0.25, -0.2) is 0 Å². The van der Waals surface area contributed by atoms with Crippen LogP contribution in [0.15, 0.2) is 24.3 Å². The molecule has 2 fully saturated rings. The summed E-state index contributed by atoms with van der Waals surface area (Å²) in [5.74, 6) is 0.791. The van der Waals surface area contributed by atoms with E-state index in [4.69, 9.17) is 11.6 Å². The molecule has 3 rings (SSSR count). The number of nitrogens with one attached hydrogen (secondary N) is 1. The van der Waals surface area contributed by atoms with Crippen LogP contribution in [-0.4, -0.2) is 49.6 Å². The van der Waals surface area contributed by atoms with Gasteiger partial charge in [0, 0.05) is 32.2 Å². The monoisotopic (exact) mass is 349 g/mol. The highest BCUT2D eigenvalue weighted by molar-refractivity contribution is 6.33. The van der Waals surface area contributed by atoms with E-state index in [0.29, 0.717) is 18.5 Å². The normalized spacial score (nSPS) is 25.5. The Balaban J connectivity index is 1.45. The minimum absolute atomic E-state index is 0.181. The molecule has 0 spiro atoms. The van der Waals surface area contributed by atoms with Crippen molar-refractivity contribution in [2.45, 2.75) is 38.6 Å². The Morgan fingerprint density at radius 2 is 1.88 bits per heavy atom. The SMILES string of the molecule is C[C@@H]1CCCC[C@@H]1NC(=O)CN1CCN(c2ccccc2Cl)CC1. The second-order valence-electron chi connectivity index (χ2n) is 7.15. The first-order valence-corrected chi connectivity index (χ1v) is 9.52. The zero-order chi connectivity index (χ0) is 16.9. The molecule has 132 valence electrons. The van der Waals surface area contributed by atoms with Crippen LogP contribution in [0.5, 0.6) is 0 Å². The number of piperazine rings is 1. The lowest BCUT2D eigenvalue weighted by atomic mass is 9.86. The Hall–Kier alpha value is -1.26. The van der Waals surface area contributed by atoms with E-state index in [-0.39, 0.29) is 5.91 Å². The number of carbonyl (C=O) groups is 1. The summed E-state index contributed by atoms with van der Waals surface area (Å²) in [5, 5.41) is 4.05. The zero-order valence-corrected chi connectivity index (χ0v) is 15.3. The smallest absolute Gasteiger partial charge is 0.234 e. The van der Waals surface area contributed by atoms with E-state index in [1.54, 1.807) is 0 Å². The van der Waals surface area contributed by atoms with Crippen LogP contribution in [0.25, 0.3) is 0 Å². The van der Waals surface area contributed by atoms with Crippen molar-refractivity contribution in [2.24, 2.45) is 5.92 Å². The third kappa shape index (κ3) is 4.42. The van der Waals surface area contributed by atoms with Gasteiger partial charge in [0.1, 0.15) is 0 Å². The average molecular weight is 350 g/mol. The van der Waals surface area contributed by atoms with Crippen molar-refractivity contribution in [1.29, 1.82) is 0 Å². The van der Waals surface area contributed by atoms with Gasteiger partial charge in [0.2, 0.25) is 5.91 Å². The molecular weight excluding hydrogens is 322 g/mol. The molecule has 1 amide bonds. The Labute approximate surface area is 150 Å². The predicted octanol–water partition coefficient (Wildman–Crippen LogP) is 3.16. The fourth-order valence-corrected chi connectivity index (χ4v) is 4.10. The van der Waals surface area contributed by atoms with Crippen LogP contribution >= 0.6 is 11.6 Å². The Bertz CT molecular complexity index is 557. The number of hydrogen-bond donors (Lipinski definition) is 1. The predicted molar refractivity (Wildman–Crippen MR) is 99.7 cm³/mol. The maximum atomic E-state index is 12.3. The molecule has 2 atom stereocenters. The molecule has 0 unspecified atom stereocenters. The lowest BCUT2D eigenvalue weighted by Gasteiger charge is -2.36. The summed E-state index contributed by atoms with van der Waals surface area (Å²) in [6, 6.07) is 8.35. The molecule has 2 aliphatic rings. The van der Waals surface area contributed by atoms with Gasteiger partial charge < -0.3 is 10.2 Å². The average Bonchev–Trinajstić information content (AvgIpc) is 2.58. The molecule has 0 aromatic heterocycles. The summed E-state index contributed by atoms with van der Waals surface area (Å²) in [4.78, 5) is 16.9. The van der Waals surface area contributed by atoms with Crippen LogP contribution in [0.3, 0.4) is 0 Å². The van der Waals surface area contributed by atoms with Crippen LogP contribution in [0, 0.1) is 5.92 Å². The third-order valence-corrected chi connectivity index (χ3v) is 5.71. The molecule has 0 bridgehead atoms. The molecule has 0 radical (unpaired) electrons. The number of hydrogen-bond acceptors (Lipinski definition) is 3. The van der Waals surface area contributed by atoms with Crippen molar-refractivity contribution in [1.82, 2.24) is 10.2 Å². The molecule has 1 saturated carbocycles. The molecule has 1 aliphatic heterocycles. The highest BCUT2D eigenvalue weighted by atomic mass is 35.5. The van der Waals surface area contributed by atoms with Crippen LogP contribution in [0.1, 0.15) is 32.6 Å². The molecular formula is C19H28ClN3O. The summed E-state index contributed by atoms with van der Waals surface area (Å²) in [6.45, 7) is 6.40. The van der Waals surface area contributed by atoms with E-state index in [9.17, 15) is 4.79 Å². The molecule has 1 saturated heterocycles. The van der Waals surface area contributed by atoms with Crippen molar-refractivity contribution in [2.75, 3.05) is 37.6 Å². The number of para-hydroxylation sites is 1. The van der Waals surface area contributed by atoms with Gasteiger partial charge in [-0.05, 0) is 30.9 Å². The summed E-state index contributed by atoms with van der Waals surface area (Å²) < 4.78 is 0. The molecule has 24 heavy (non-hydrogen) atoms. The van der Waals surface area contributed by atoms with Crippen LogP contribution in [0.2, 0.25) is 5.02 Å². The van der Waals surface area contributed by atoms with E-state index in [0.717, 1.165) is 43.3 Å². The van der Waals surface area contributed by atoms with E-state index in [2.05, 4.69) is 28.1 Å². The van der Waals surface area contributed by atoms with E-state index < -0.39 is 0 Å². The largest absolute Gasteiger partial charge is 0.368 e. The first kappa shape index (κ1) is 17.6. The number of anilines is 1. The summed E-state index contributed by atoms with van der Waals surface area (Å²) in [7, 11) is 0. The van der Waals surface area contributed by atoms with Gasteiger partial charge in [-0.15, -0.1) is 0 Å². The standard InChI is InChI=1S/C19H28ClN3O/c1-15-6-2-4-8-17(15)21-19(24)14-22-10-12-23(13-11-22)18-9-5-3-7-16(18)20/h3,5,7,9,15,17H,2,4,6,8,10-14H2,1H3,(H,21,24)/t15-,17+/m1/s1. The van der Waals surface area contributed by atoms with Crippen LogP contribution < -0.4 is 10.2 Å². The molecule has 1 aliphatic carbocycles. The molecule has 4 nitrogen and oxygen atoms in total. The molecule has 1 heterocycles. The van der Waals surface area contributed by atoms with Gasteiger partial charge in [0.15, 0.2) is 0 Å². The van der Waals surface area contributed by atoms with Crippen LogP contribution in [-0.2, 0) is 4.79 Å². The quantitative estimate of drug-likeness (QED) is 0.907. The van der Waals surface area contributed by atoms with Gasteiger partial charge in [0.05, 0.1) is 17.3 Å². The second kappa shape index (κ2) is 8.21. The van der Waals surface area contributed by atoms with Crippen molar-refractivity contribution in [3.05, 3.63) is 29.3 Å². The van der Waals surface area contributed by atoms with E-state index in [1.165, 1.54) is 19.3 Å². The highest BCUT2D eigenvalue weighted by Gasteiger charge is 2.25. The summed E-state index contributed by atoms with van der Waals surface area (Å²) in [5.41, 5.74) is 1.10. The molecule has 1 N–H and O–H groups in total. The number of carbonyl (C=O) groups excluding carboxylic acids is 1. The van der Waals surface area contributed by atoms with Gasteiger partial charge in [-0.1, -0.05) is 43.5 Å². The lowest BCUT2D eigenvalue weighted by molar-refractivity contribution is -0.123. The number of halogens is 1. The third-order valence-electron chi connectivity index (χ3n) is 5.39. The van der Waals surface area contributed by atoms with Gasteiger partial charge in [-0.3, -0.25) is 9.69 Å². The highest BCUT2D eigenvalue weighted by Crippen LogP contribution is 2.26. The van der Waals surface area contributed by atoms with Crippen molar-refractivity contribution in [3.63, 3.8) is 0 Å². The van der Waals surface area contributed by atoms with E-state index >= 15 is 0 Å². The number of benzene rings is 1. The Morgan fingerprint density at radius 1 is 1.17 bits per heavy atom. The minimum Gasteiger partial charge on any atom is -0.368 e. The van der Waals surface area contributed by atoms with Crippen molar-refractivity contribution < 1.29 is 4.79 Å². The summed E-state index contributed by atoms with van der Waals surface area (Å²) >= 11 is 6.28. The van der Waals surface area contributed by atoms with Crippen molar-refractivity contribution in [3.8, 4) is 0 Å². The van der Waals surface area contributed by atoms with E-state index in [1.807, 2.05) is 18.2 Å². The molecule has 1 aromatic rings. The maximum absolute atomic E-state index is 12.3. The lowest BCUT2D eigenvalue weighted by Crippen LogP contribution is -2.51. The maximum Gasteiger partial charge on any atom is 0.234 e. The van der Waals surface area contributed by atoms with Crippen molar-refractivity contribution >= 4 is 23.2 Å². The molecule has 1 aromatic carbocycles. The number of amides is 1. The second-order valence-corrected chi connectivity index (χ2v) is 7.56. The van der Waals surface area contributed by atoms with Crippen LogP contribution in [0.4, 0.5) is 5.69 Å². The molecule has 5 heteroatoms. The van der Waals surface area contributed by atoms with Gasteiger partial charge in [0.25, 0.3) is 0 Å². The zero-order valence-electron chi connectivity index (χ0n) is 14.5. The topological polar surface area (TPSA) is 35.6 Å². The fraction of sp³-hybridized carbons (Fsp3) is 0.632. The Morgan fingerprint density at radius 3 is 2.58 bits per heavy atom. The fourth-order valence-electron chi connectivity index (χ4n) is 3.84. The number of nitrogens with zero attached hydrogens (tertiary/aromatic N) is 2. The van der Waals surface area contributed by atoms with Gasteiger partial charge in [-0.2, -0.15) is 0 Å². The first-order chi connectivity index (χ1) is 11.6. The Kier molecular flexibility index (Phi) is 6.01. The minimum atomic E-state index is 0.181. The van der Waals surface area contributed by atoms with Gasteiger partial charge >= 0.3 is 0 Å².